The van der Waals surface area contributed by atoms with Gasteiger partial charge in [-0.3, -0.25) is 0 Å². The van der Waals surface area contributed by atoms with Gasteiger partial charge in [0.25, 0.3) is 0 Å². The maximum atomic E-state index is 13.7. The van der Waals surface area contributed by atoms with Crippen LogP contribution in [0.2, 0.25) is 0 Å². The molecule has 1 atom stereocenters. The quantitative estimate of drug-likeness (QED) is 0.826. The number of rotatable bonds is 2. The number of halogens is 2. The van der Waals surface area contributed by atoms with E-state index in [0.717, 1.165) is 3.57 Å². The van der Waals surface area contributed by atoms with Crippen LogP contribution in [0.1, 0.15) is 18.1 Å². The van der Waals surface area contributed by atoms with Gasteiger partial charge in [0.2, 0.25) is 0 Å². The largest absolute Gasteiger partial charge is 0.381 e. The summed E-state index contributed by atoms with van der Waals surface area (Å²) in [5, 5.41) is 10.5. The van der Waals surface area contributed by atoms with Gasteiger partial charge in [0, 0.05) is 9.13 Å². The Hall–Kier alpha value is -0.940. The molecule has 0 aliphatic carbocycles. The predicted molar refractivity (Wildman–Crippen MR) is 74.2 cm³/mol. The number of hydrogen-bond acceptors (Lipinski definition) is 1. The van der Waals surface area contributed by atoms with Gasteiger partial charge >= 0.3 is 0 Å². The molecular weight excluding hydrogens is 330 g/mol. The van der Waals surface area contributed by atoms with E-state index < -0.39 is 11.4 Å². The van der Waals surface area contributed by atoms with E-state index in [2.05, 4.69) is 22.6 Å². The summed E-state index contributed by atoms with van der Waals surface area (Å²) < 4.78 is 14.8. The van der Waals surface area contributed by atoms with Gasteiger partial charge in [0.1, 0.15) is 11.4 Å². The Morgan fingerprint density at radius 3 is 2.24 bits per heavy atom. The lowest BCUT2D eigenvalue weighted by Crippen LogP contribution is -2.24. The lowest BCUT2D eigenvalue weighted by atomic mass is 9.88. The Kier molecular flexibility index (Phi) is 3.49. The number of aliphatic hydroxyl groups is 1. The molecule has 0 aliphatic heterocycles. The first-order valence-corrected chi connectivity index (χ1v) is 6.33. The van der Waals surface area contributed by atoms with Crippen LogP contribution in [0.15, 0.2) is 48.5 Å². The molecule has 2 aromatic carbocycles. The van der Waals surface area contributed by atoms with E-state index in [4.69, 9.17) is 0 Å². The molecule has 1 N–H and O–H groups in total. The predicted octanol–water partition coefficient (Wildman–Crippen LogP) is 3.69. The van der Waals surface area contributed by atoms with Crippen molar-refractivity contribution in [2.75, 3.05) is 0 Å². The molecule has 17 heavy (non-hydrogen) atoms. The van der Waals surface area contributed by atoms with Crippen molar-refractivity contribution >= 4 is 22.6 Å². The summed E-state index contributed by atoms with van der Waals surface area (Å²) in [4.78, 5) is 0. The molecule has 88 valence electrons. The maximum Gasteiger partial charge on any atom is 0.129 e. The fourth-order valence-electron chi connectivity index (χ4n) is 1.79. The molecule has 1 unspecified atom stereocenters. The Balaban J connectivity index is 2.49. The van der Waals surface area contributed by atoms with Gasteiger partial charge in [-0.25, -0.2) is 4.39 Å². The topological polar surface area (TPSA) is 20.2 Å². The molecule has 0 aromatic heterocycles. The zero-order chi connectivity index (χ0) is 12.5. The van der Waals surface area contributed by atoms with Crippen molar-refractivity contribution in [1.29, 1.82) is 0 Å². The third-order valence-electron chi connectivity index (χ3n) is 2.80. The third-order valence-corrected chi connectivity index (χ3v) is 3.52. The Morgan fingerprint density at radius 1 is 1.06 bits per heavy atom. The summed E-state index contributed by atoms with van der Waals surface area (Å²) in [5.41, 5.74) is -0.334. The molecule has 0 saturated heterocycles. The molecule has 3 heteroatoms. The van der Waals surface area contributed by atoms with Crippen molar-refractivity contribution in [2.45, 2.75) is 12.5 Å². The summed E-state index contributed by atoms with van der Waals surface area (Å²) in [6, 6.07) is 13.7. The first-order chi connectivity index (χ1) is 8.01. The smallest absolute Gasteiger partial charge is 0.129 e. The van der Waals surface area contributed by atoms with Crippen molar-refractivity contribution in [3.8, 4) is 0 Å². The van der Waals surface area contributed by atoms with Gasteiger partial charge in [-0.2, -0.15) is 0 Å². The van der Waals surface area contributed by atoms with Crippen molar-refractivity contribution in [2.24, 2.45) is 0 Å². The van der Waals surface area contributed by atoms with Crippen LogP contribution in [0, 0.1) is 9.39 Å². The van der Waals surface area contributed by atoms with Crippen LogP contribution in [0.3, 0.4) is 0 Å². The van der Waals surface area contributed by atoms with Crippen LogP contribution in [0.4, 0.5) is 4.39 Å². The SMILES string of the molecule is CC(O)(c1ccc(I)cc1)c1ccccc1F. The highest BCUT2D eigenvalue weighted by Gasteiger charge is 2.28. The first-order valence-electron chi connectivity index (χ1n) is 5.25. The fraction of sp³-hybridized carbons (Fsp3) is 0.143. The minimum atomic E-state index is -1.31. The minimum Gasteiger partial charge on any atom is -0.381 e. The van der Waals surface area contributed by atoms with Crippen LogP contribution in [0.5, 0.6) is 0 Å². The molecule has 0 heterocycles. The summed E-state index contributed by atoms with van der Waals surface area (Å²) >= 11 is 2.19. The van der Waals surface area contributed by atoms with E-state index in [-0.39, 0.29) is 0 Å². The maximum absolute atomic E-state index is 13.7. The van der Waals surface area contributed by atoms with E-state index in [9.17, 15) is 9.50 Å². The van der Waals surface area contributed by atoms with Gasteiger partial charge in [0.15, 0.2) is 0 Å². The molecule has 1 nitrogen and oxygen atoms in total. The molecule has 0 amide bonds. The fourth-order valence-corrected chi connectivity index (χ4v) is 2.15. The zero-order valence-corrected chi connectivity index (χ0v) is 11.5. The molecule has 2 rings (SSSR count). The second-order valence-corrected chi connectivity index (χ2v) is 5.30. The Labute approximate surface area is 113 Å². The highest BCUT2D eigenvalue weighted by molar-refractivity contribution is 14.1. The normalized spacial score (nSPS) is 14.4. The van der Waals surface area contributed by atoms with Crippen LogP contribution in [-0.4, -0.2) is 5.11 Å². The molecule has 0 fully saturated rings. The van der Waals surface area contributed by atoms with Crippen LogP contribution < -0.4 is 0 Å². The summed E-state index contributed by atoms with van der Waals surface area (Å²) in [6.45, 7) is 1.60. The number of hydrogen-bond donors (Lipinski definition) is 1. The van der Waals surface area contributed by atoms with E-state index in [1.54, 1.807) is 25.1 Å². The molecule has 0 spiro atoms. The second kappa shape index (κ2) is 4.74. The average Bonchev–Trinajstić information content (AvgIpc) is 2.30. The van der Waals surface area contributed by atoms with Gasteiger partial charge in [-0.15, -0.1) is 0 Å². The highest BCUT2D eigenvalue weighted by atomic mass is 127. The minimum absolute atomic E-state index is 0.293. The van der Waals surface area contributed by atoms with Crippen molar-refractivity contribution < 1.29 is 9.50 Å². The Morgan fingerprint density at radius 2 is 1.65 bits per heavy atom. The summed E-state index contributed by atoms with van der Waals surface area (Å²) in [5.74, 6) is -0.393. The highest BCUT2D eigenvalue weighted by Crippen LogP contribution is 2.30. The lowest BCUT2D eigenvalue weighted by molar-refractivity contribution is 0.0979. The van der Waals surface area contributed by atoms with Crippen LogP contribution in [0.25, 0.3) is 0 Å². The van der Waals surface area contributed by atoms with E-state index >= 15 is 0 Å². The van der Waals surface area contributed by atoms with Gasteiger partial charge < -0.3 is 5.11 Å². The number of benzene rings is 2. The molecule has 0 radical (unpaired) electrons. The average molecular weight is 342 g/mol. The molecule has 0 aliphatic rings. The summed E-state index contributed by atoms with van der Waals surface area (Å²) in [7, 11) is 0. The second-order valence-electron chi connectivity index (χ2n) is 4.06. The van der Waals surface area contributed by atoms with Crippen LogP contribution in [-0.2, 0) is 5.60 Å². The standard InChI is InChI=1S/C14H12FIO/c1-14(17,10-6-8-11(16)9-7-10)12-4-2-3-5-13(12)15/h2-9,17H,1H3. The van der Waals surface area contributed by atoms with Crippen LogP contribution >= 0.6 is 22.6 Å². The Bertz CT molecular complexity index is 520. The van der Waals surface area contributed by atoms with Crippen molar-refractivity contribution in [3.05, 3.63) is 69.0 Å². The van der Waals surface area contributed by atoms with E-state index in [1.165, 1.54) is 6.07 Å². The molecule has 0 bridgehead atoms. The first kappa shape index (κ1) is 12.5. The molecule has 0 saturated carbocycles. The van der Waals surface area contributed by atoms with Gasteiger partial charge in [-0.05, 0) is 53.3 Å². The zero-order valence-electron chi connectivity index (χ0n) is 9.32. The van der Waals surface area contributed by atoms with Gasteiger partial charge in [-0.1, -0.05) is 30.3 Å². The van der Waals surface area contributed by atoms with Gasteiger partial charge in [0.05, 0.1) is 0 Å². The van der Waals surface area contributed by atoms with Crippen molar-refractivity contribution in [1.82, 2.24) is 0 Å². The van der Waals surface area contributed by atoms with E-state index in [1.807, 2.05) is 24.3 Å². The monoisotopic (exact) mass is 342 g/mol. The van der Waals surface area contributed by atoms with Crippen molar-refractivity contribution in [3.63, 3.8) is 0 Å². The molecular formula is C14H12FIO. The summed E-state index contributed by atoms with van der Waals surface area (Å²) in [6.07, 6.45) is 0. The lowest BCUT2D eigenvalue weighted by Gasteiger charge is -2.25. The van der Waals surface area contributed by atoms with E-state index in [0.29, 0.717) is 11.1 Å². The molecule has 2 aromatic rings. The third kappa shape index (κ3) is 2.50.